The summed E-state index contributed by atoms with van der Waals surface area (Å²) in [6, 6.07) is 0.586. The van der Waals surface area contributed by atoms with Crippen molar-refractivity contribution in [3.63, 3.8) is 0 Å². The molecule has 21 heavy (non-hydrogen) atoms. The van der Waals surface area contributed by atoms with Gasteiger partial charge in [0.15, 0.2) is 11.5 Å². The second kappa shape index (κ2) is 5.64. The number of hydrogen-bond donors (Lipinski definition) is 2. The number of nitrogens with one attached hydrogen (secondary N) is 2. The summed E-state index contributed by atoms with van der Waals surface area (Å²) in [5.74, 6) is 0.926. The second-order valence-electron chi connectivity index (χ2n) is 6.18. The van der Waals surface area contributed by atoms with E-state index < -0.39 is 0 Å². The second-order valence-corrected chi connectivity index (χ2v) is 6.18. The lowest BCUT2D eigenvalue weighted by Gasteiger charge is -2.28. The molecular weight excluding hydrogens is 268 g/mol. The molecule has 2 unspecified atom stereocenters. The lowest BCUT2D eigenvalue weighted by molar-refractivity contribution is 0.0892. The molecule has 1 fully saturated rings. The average molecular weight is 290 g/mol. The number of ketones is 1. The Morgan fingerprint density at radius 3 is 2.90 bits per heavy atom. The van der Waals surface area contributed by atoms with Crippen molar-refractivity contribution in [1.82, 2.24) is 10.6 Å². The van der Waals surface area contributed by atoms with E-state index in [0.29, 0.717) is 35.1 Å². The monoisotopic (exact) mass is 290 g/mol. The van der Waals surface area contributed by atoms with Crippen LogP contribution in [0.4, 0.5) is 0 Å². The Labute approximate surface area is 124 Å². The molecule has 0 aromatic carbocycles. The molecule has 1 aromatic heterocycles. The molecule has 5 nitrogen and oxygen atoms in total. The largest absolute Gasteiger partial charge is 0.455 e. The van der Waals surface area contributed by atoms with Crippen LogP contribution in [0, 0.1) is 6.92 Å². The number of Topliss-reactive ketones (excluding diaryl/α,β-unsaturated/α-hetero) is 1. The molecule has 2 N–H and O–H groups in total. The maximum Gasteiger partial charge on any atom is 0.287 e. The molecule has 2 atom stereocenters. The number of aryl methyl sites for hydroxylation is 1. The Morgan fingerprint density at radius 2 is 2.19 bits per heavy atom. The fraction of sp³-hybridized carbons (Fsp3) is 0.625. The molecule has 114 valence electrons. The van der Waals surface area contributed by atoms with Crippen molar-refractivity contribution in [3.05, 3.63) is 22.6 Å². The van der Waals surface area contributed by atoms with Crippen LogP contribution < -0.4 is 10.6 Å². The van der Waals surface area contributed by atoms with Crippen molar-refractivity contribution in [3.8, 4) is 0 Å². The van der Waals surface area contributed by atoms with Gasteiger partial charge in [-0.25, -0.2) is 0 Å². The minimum Gasteiger partial charge on any atom is -0.455 e. The molecule has 2 heterocycles. The molecule has 1 amide bonds. The van der Waals surface area contributed by atoms with Gasteiger partial charge in [-0.2, -0.15) is 0 Å². The SMILES string of the molecule is Cc1c(C(=O)NC2CCNC(C)C2)oc2c1C(=O)CCC2. The van der Waals surface area contributed by atoms with Crippen molar-refractivity contribution >= 4 is 11.7 Å². The van der Waals surface area contributed by atoms with Gasteiger partial charge in [0, 0.05) is 30.5 Å². The average Bonchev–Trinajstić information content (AvgIpc) is 2.77. The zero-order chi connectivity index (χ0) is 15.0. The highest BCUT2D eigenvalue weighted by Gasteiger charge is 2.30. The van der Waals surface area contributed by atoms with Crippen LogP contribution in [0.5, 0.6) is 0 Å². The van der Waals surface area contributed by atoms with Gasteiger partial charge in [0.25, 0.3) is 5.91 Å². The quantitative estimate of drug-likeness (QED) is 0.873. The summed E-state index contributed by atoms with van der Waals surface area (Å²) in [6.07, 6.45) is 3.96. The Hall–Kier alpha value is -1.62. The van der Waals surface area contributed by atoms with E-state index in [4.69, 9.17) is 4.42 Å². The molecule has 1 aromatic rings. The van der Waals surface area contributed by atoms with Gasteiger partial charge in [-0.3, -0.25) is 9.59 Å². The fourth-order valence-corrected chi connectivity index (χ4v) is 3.38. The summed E-state index contributed by atoms with van der Waals surface area (Å²) in [7, 11) is 0. The number of hydrogen-bond acceptors (Lipinski definition) is 4. The van der Waals surface area contributed by atoms with E-state index in [9.17, 15) is 9.59 Å². The van der Waals surface area contributed by atoms with Gasteiger partial charge in [0.1, 0.15) is 5.76 Å². The molecule has 1 saturated heterocycles. The van der Waals surface area contributed by atoms with E-state index in [1.807, 2.05) is 6.92 Å². The van der Waals surface area contributed by atoms with Crippen LogP contribution in [0.25, 0.3) is 0 Å². The highest BCUT2D eigenvalue weighted by molar-refractivity contribution is 6.03. The first-order valence-electron chi connectivity index (χ1n) is 7.76. The summed E-state index contributed by atoms with van der Waals surface area (Å²) in [5, 5.41) is 6.41. The summed E-state index contributed by atoms with van der Waals surface area (Å²) >= 11 is 0. The molecule has 1 aliphatic carbocycles. The van der Waals surface area contributed by atoms with Crippen LogP contribution >= 0.6 is 0 Å². The van der Waals surface area contributed by atoms with E-state index in [-0.39, 0.29) is 17.7 Å². The molecular formula is C16H22N2O3. The van der Waals surface area contributed by atoms with E-state index in [2.05, 4.69) is 17.6 Å². The third-order valence-electron chi connectivity index (χ3n) is 4.47. The zero-order valence-electron chi connectivity index (χ0n) is 12.6. The minimum atomic E-state index is -0.186. The molecule has 0 bridgehead atoms. The Balaban J connectivity index is 1.77. The van der Waals surface area contributed by atoms with Crippen molar-refractivity contribution in [2.24, 2.45) is 0 Å². The summed E-state index contributed by atoms with van der Waals surface area (Å²) in [6.45, 7) is 4.84. The standard InChI is InChI=1S/C16H22N2O3/c1-9-8-11(6-7-17-9)18-16(20)15-10(2)14-12(19)4-3-5-13(14)21-15/h9,11,17H,3-8H2,1-2H3,(H,18,20). The first kappa shape index (κ1) is 14.3. The summed E-state index contributed by atoms with van der Waals surface area (Å²) < 4.78 is 5.69. The van der Waals surface area contributed by atoms with E-state index in [1.54, 1.807) is 0 Å². The number of rotatable bonds is 2. The van der Waals surface area contributed by atoms with Crippen molar-refractivity contribution in [1.29, 1.82) is 0 Å². The van der Waals surface area contributed by atoms with Gasteiger partial charge in [0.05, 0.1) is 5.56 Å². The van der Waals surface area contributed by atoms with E-state index >= 15 is 0 Å². The minimum absolute atomic E-state index is 0.104. The van der Waals surface area contributed by atoms with Crippen molar-refractivity contribution in [2.45, 2.75) is 58.0 Å². The predicted molar refractivity (Wildman–Crippen MR) is 78.7 cm³/mol. The maximum atomic E-state index is 12.4. The first-order valence-corrected chi connectivity index (χ1v) is 7.76. The van der Waals surface area contributed by atoms with Gasteiger partial charge >= 0.3 is 0 Å². The molecule has 5 heteroatoms. The highest BCUT2D eigenvalue weighted by Crippen LogP contribution is 2.29. The van der Waals surface area contributed by atoms with Gasteiger partial charge in [-0.15, -0.1) is 0 Å². The smallest absolute Gasteiger partial charge is 0.287 e. The van der Waals surface area contributed by atoms with Gasteiger partial charge in [0.2, 0.25) is 0 Å². The number of carbonyl (C=O) groups excluding carboxylic acids is 2. The van der Waals surface area contributed by atoms with E-state index in [1.165, 1.54) is 0 Å². The molecule has 3 rings (SSSR count). The van der Waals surface area contributed by atoms with E-state index in [0.717, 1.165) is 32.2 Å². The first-order chi connectivity index (χ1) is 10.1. The molecule has 0 radical (unpaired) electrons. The van der Waals surface area contributed by atoms with Crippen molar-refractivity contribution < 1.29 is 14.0 Å². The van der Waals surface area contributed by atoms with Crippen LogP contribution in [0.15, 0.2) is 4.42 Å². The van der Waals surface area contributed by atoms with Crippen LogP contribution in [0.2, 0.25) is 0 Å². The van der Waals surface area contributed by atoms with Gasteiger partial charge < -0.3 is 15.1 Å². The third-order valence-corrected chi connectivity index (χ3v) is 4.47. The summed E-state index contributed by atoms with van der Waals surface area (Å²) in [5.41, 5.74) is 1.35. The molecule has 1 aliphatic heterocycles. The van der Waals surface area contributed by atoms with Crippen LogP contribution in [-0.4, -0.2) is 30.3 Å². The lowest BCUT2D eigenvalue weighted by Crippen LogP contribution is -2.46. The van der Waals surface area contributed by atoms with Gasteiger partial charge in [-0.1, -0.05) is 0 Å². The number of furan rings is 1. The summed E-state index contributed by atoms with van der Waals surface area (Å²) in [4.78, 5) is 24.4. The number of piperidine rings is 1. The number of fused-ring (bicyclic) bond motifs is 1. The lowest BCUT2D eigenvalue weighted by atomic mass is 9.94. The van der Waals surface area contributed by atoms with Crippen LogP contribution in [0.1, 0.15) is 64.8 Å². The number of amides is 1. The van der Waals surface area contributed by atoms with Crippen molar-refractivity contribution in [2.75, 3.05) is 6.54 Å². The topological polar surface area (TPSA) is 71.3 Å². The normalized spacial score (nSPS) is 25.5. The highest BCUT2D eigenvalue weighted by atomic mass is 16.4. The van der Waals surface area contributed by atoms with Gasteiger partial charge in [-0.05, 0) is 39.7 Å². The Kier molecular flexibility index (Phi) is 3.85. The zero-order valence-corrected chi connectivity index (χ0v) is 12.6. The Morgan fingerprint density at radius 1 is 1.38 bits per heavy atom. The predicted octanol–water partition coefficient (Wildman–Crippen LogP) is 1.98. The fourth-order valence-electron chi connectivity index (χ4n) is 3.38. The molecule has 2 aliphatic rings. The third kappa shape index (κ3) is 2.75. The number of carbonyl (C=O) groups is 2. The molecule has 0 saturated carbocycles. The van der Waals surface area contributed by atoms with Crippen LogP contribution in [0.3, 0.4) is 0 Å². The molecule has 0 spiro atoms. The van der Waals surface area contributed by atoms with Crippen LogP contribution in [-0.2, 0) is 6.42 Å². The maximum absolute atomic E-state index is 12.4. The Bertz CT molecular complexity index is 576.